The zero-order valence-corrected chi connectivity index (χ0v) is 13.5. The standard InChI is InChI=1S/C16H30N2O3/c1-4-5-11(2)18-15(19)12(3)17-10-13-6-8-14(9-7-13)16(20)21/h11-14,17H,4-10H2,1-3H3,(H,18,19)(H,20,21). The average Bonchev–Trinajstić information content (AvgIpc) is 2.45. The Morgan fingerprint density at radius 1 is 1.19 bits per heavy atom. The highest BCUT2D eigenvalue weighted by Gasteiger charge is 2.26. The molecule has 0 aromatic heterocycles. The van der Waals surface area contributed by atoms with E-state index < -0.39 is 5.97 Å². The number of carbonyl (C=O) groups excluding carboxylic acids is 1. The van der Waals surface area contributed by atoms with Crippen molar-refractivity contribution in [1.82, 2.24) is 10.6 Å². The lowest BCUT2D eigenvalue weighted by atomic mass is 9.82. The molecule has 0 aromatic rings. The molecule has 1 amide bonds. The SMILES string of the molecule is CCCC(C)NC(=O)C(C)NCC1CCC(C(=O)O)CC1. The van der Waals surface area contributed by atoms with E-state index in [1.807, 2.05) is 13.8 Å². The van der Waals surface area contributed by atoms with Crippen molar-refractivity contribution in [3.05, 3.63) is 0 Å². The molecule has 0 aromatic carbocycles. The lowest BCUT2D eigenvalue weighted by Gasteiger charge is -2.27. The molecule has 5 heteroatoms. The molecule has 1 aliphatic carbocycles. The van der Waals surface area contributed by atoms with Crippen LogP contribution in [0.15, 0.2) is 0 Å². The molecule has 2 atom stereocenters. The molecule has 1 rings (SSSR count). The van der Waals surface area contributed by atoms with E-state index in [-0.39, 0.29) is 23.9 Å². The molecule has 122 valence electrons. The van der Waals surface area contributed by atoms with Crippen molar-refractivity contribution in [2.45, 2.75) is 71.4 Å². The molecular formula is C16H30N2O3. The van der Waals surface area contributed by atoms with Crippen LogP contribution in [0.1, 0.15) is 59.3 Å². The van der Waals surface area contributed by atoms with Crippen molar-refractivity contribution >= 4 is 11.9 Å². The Hall–Kier alpha value is -1.10. The average molecular weight is 298 g/mol. The van der Waals surface area contributed by atoms with Crippen LogP contribution in [0.4, 0.5) is 0 Å². The highest BCUT2D eigenvalue weighted by atomic mass is 16.4. The minimum Gasteiger partial charge on any atom is -0.481 e. The summed E-state index contributed by atoms with van der Waals surface area (Å²) in [6, 6.07) is 0.0271. The number of carboxylic acids is 1. The molecule has 0 bridgehead atoms. The molecule has 1 aliphatic rings. The topological polar surface area (TPSA) is 78.4 Å². The molecule has 3 N–H and O–H groups in total. The number of rotatable bonds is 8. The fourth-order valence-corrected chi connectivity index (χ4v) is 2.92. The second kappa shape index (κ2) is 9.03. The minimum atomic E-state index is -0.668. The van der Waals surface area contributed by atoms with Gasteiger partial charge in [-0.1, -0.05) is 13.3 Å². The van der Waals surface area contributed by atoms with Gasteiger partial charge in [0.25, 0.3) is 0 Å². The van der Waals surface area contributed by atoms with Crippen LogP contribution in [0, 0.1) is 11.8 Å². The fourth-order valence-electron chi connectivity index (χ4n) is 2.92. The third kappa shape index (κ3) is 6.46. The molecule has 0 saturated heterocycles. The van der Waals surface area contributed by atoms with Gasteiger partial charge in [0.2, 0.25) is 5.91 Å². The van der Waals surface area contributed by atoms with Gasteiger partial charge in [-0.3, -0.25) is 9.59 Å². The van der Waals surface area contributed by atoms with Crippen LogP contribution >= 0.6 is 0 Å². The first-order valence-electron chi connectivity index (χ1n) is 8.20. The van der Waals surface area contributed by atoms with Gasteiger partial charge in [-0.15, -0.1) is 0 Å². The summed E-state index contributed by atoms with van der Waals surface area (Å²) >= 11 is 0. The van der Waals surface area contributed by atoms with Gasteiger partial charge in [0.1, 0.15) is 0 Å². The van der Waals surface area contributed by atoms with Gasteiger partial charge < -0.3 is 15.7 Å². The van der Waals surface area contributed by atoms with Gasteiger partial charge in [0.15, 0.2) is 0 Å². The molecule has 2 unspecified atom stereocenters. The van der Waals surface area contributed by atoms with E-state index >= 15 is 0 Å². The molecule has 0 aliphatic heterocycles. The highest BCUT2D eigenvalue weighted by molar-refractivity contribution is 5.81. The maximum absolute atomic E-state index is 12.0. The van der Waals surface area contributed by atoms with Crippen molar-refractivity contribution in [3.63, 3.8) is 0 Å². The molecule has 1 saturated carbocycles. The Morgan fingerprint density at radius 2 is 1.81 bits per heavy atom. The van der Waals surface area contributed by atoms with Crippen LogP contribution in [0.2, 0.25) is 0 Å². The summed E-state index contributed by atoms with van der Waals surface area (Å²) in [6.07, 6.45) is 5.45. The monoisotopic (exact) mass is 298 g/mol. The van der Waals surface area contributed by atoms with Gasteiger partial charge in [-0.25, -0.2) is 0 Å². The zero-order chi connectivity index (χ0) is 15.8. The smallest absolute Gasteiger partial charge is 0.306 e. The minimum absolute atomic E-state index is 0.0511. The highest BCUT2D eigenvalue weighted by Crippen LogP contribution is 2.28. The first-order valence-corrected chi connectivity index (χ1v) is 8.20. The Morgan fingerprint density at radius 3 is 2.33 bits per heavy atom. The van der Waals surface area contributed by atoms with Gasteiger partial charge in [-0.2, -0.15) is 0 Å². The van der Waals surface area contributed by atoms with Crippen LogP contribution in [-0.4, -0.2) is 35.6 Å². The third-order valence-electron chi connectivity index (χ3n) is 4.41. The van der Waals surface area contributed by atoms with E-state index in [2.05, 4.69) is 17.6 Å². The van der Waals surface area contributed by atoms with E-state index in [1.165, 1.54) is 0 Å². The zero-order valence-electron chi connectivity index (χ0n) is 13.5. The maximum atomic E-state index is 12.0. The first kappa shape index (κ1) is 18.0. The van der Waals surface area contributed by atoms with E-state index in [1.54, 1.807) is 0 Å². The van der Waals surface area contributed by atoms with E-state index in [0.29, 0.717) is 5.92 Å². The second-order valence-corrected chi connectivity index (χ2v) is 6.38. The van der Waals surface area contributed by atoms with E-state index in [0.717, 1.165) is 45.1 Å². The summed E-state index contributed by atoms with van der Waals surface area (Å²) < 4.78 is 0. The Bertz CT molecular complexity index is 338. The van der Waals surface area contributed by atoms with Crippen molar-refractivity contribution in [3.8, 4) is 0 Å². The summed E-state index contributed by atoms with van der Waals surface area (Å²) in [5.74, 6) is -0.296. The Labute approximate surface area is 127 Å². The lowest BCUT2D eigenvalue weighted by Crippen LogP contribution is -2.46. The largest absolute Gasteiger partial charge is 0.481 e. The lowest BCUT2D eigenvalue weighted by molar-refractivity contribution is -0.143. The second-order valence-electron chi connectivity index (χ2n) is 6.38. The van der Waals surface area contributed by atoms with Gasteiger partial charge in [0, 0.05) is 6.04 Å². The summed E-state index contributed by atoms with van der Waals surface area (Å²) in [5, 5.41) is 15.3. The summed E-state index contributed by atoms with van der Waals surface area (Å²) in [7, 11) is 0. The van der Waals surface area contributed by atoms with Gasteiger partial charge in [-0.05, 0) is 58.4 Å². The van der Waals surface area contributed by atoms with Gasteiger partial charge >= 0.3 is 5.97 Å². The number of nitrogens with one attached hydrogen (secondary N) is 2. The summed E-state index contributed by atoms with van der Waals surface area (Å²) in [6.45, 7) is 6.82. The van der Waals surface area contributed by atoms with Crippen molar-refractivity contribution in [1.29, 1.82) is 0 Å². The molecule has 1 fully saturated rings. The van der Waals surface area contributed by atoms with Crippen LogP contribution in [-0.2, 0) is 9.59 Å². The van der Waals surface area contributed by atoms with E-state index in [4.69, 9.17) is 5.11 Å². The van der Waals surface area contributed by atoms with Crippen LogP contribution in [0.5, 0.6) is 0 Å². The predicted molar refractivity (Wildman–Crippen MR) is 83.1 cm³/mol. The molecule has 0 spiro atoms. The number of hydrogen-bond acceptors (Lipinski definition) is 3. The quantitative estimate of drug-likeness (QED) is 0.641. The normalized spacial score (nSPS) is 25.1. The summed E-state index contributed by atoms with van der Waals surface area (Å²) in [4.78, 5) is 22.9. The molecule has 0 radical (unpaired) electrons. The number of carbonyl (C=O) groups is 2. The van der Waals surface area contributed by atoms with Crippen molar-refractivity contribution in [2.75, 3.05) is 6.54 Å². The number of hydrogen-bond donors (Lipinski definition) is 3. The molecule has 21 heavy (non-hydrogen) atoms. The Kier molecular flexibility index (Phi) is 7.72. The predicted octanol–water partition coefficient (Wildman–Crippen LogP) is 2.16. The fraction of sp³-hybridized carbons (Fsp3) is 0.875. The van der Waals surface area contributed by atoms with Crippen LogP contribution in [0.25, 0.3) is 0 Å². The van der Waals surface area contributed by atoms with Crippen LogP contribution in [0.3, 0.4) is 0 Å². The molecule has 0 heterocycles. The number of carboxylic acid groups (broad SMARTS) is 1. The maximum Gasteiger partial charge on any atom is 0.306 e. The first-order chi connectivity index (χ1) is 9.93. The number of amides is 1. The molecule has 5 nitrogen and oxygen atoms in total. The third-order valence-corrected chi connectivity index (χ3v) is 4.41. The van der Waals surface area contributed by atoms with Crippen molar-refractivity contribution in [2.24, 2.45) is 11.8 Å². The summed E-state index contributed by atoms with van der Waals surface area (Å²) in [5.41, 5.74) is 0. The Balaban J connectivity index is 2.22. The number of aliphatic carboxylic acids is 1. The van der Waals surface area contributed by atoms with Crippen LogP contribution < -0.4 is 10.6 Å². The molecular weight excluding hydrogens is 268 g/mol. The van der Waals surface area contributed by atoms with Gasteiger partial charge in [0.05, 0.1) is 12.0 Å². The van der Waals surface area contributed by atoms with E-state index in [9.17, 15) is 9.59 Å². The van der Waals surface area contributed by atoms with Crippen molar-refractivity contribution < 1.29 is 14.7 Å².